The highest BCUT2D eigenvalue weighted by Gasteiger charge is 2.65. The van der Waals surface area contributed by atoms with Crippen LogP contribution in [0.1, 0.15) is 5.56 Å². The fourth-order valence-corrected chi connectivity index (χ4v) is 4.62. The average Bonchev–Trinajstić information content (AvgIpc) is 3.24. The summed E-state index contributed by atoms with van der Waals surface area (Å²) in [6.07, 6.45) is 3.08. The van der Waals surface area contributed by atoms with Gasteiger partial charge in [-0.1, -0.05) is 54.6 Å². The first-order chi connectivity index (χ1) is 12.1. The molecule has 3 heterocycles. The molecule has 1 spiro atoms. The number of likely N-dealkylation sites (tertiary alicyclic amines) is 1. The maximum absolute atomic E-state index is 12.9. The van der Waals surface area contributed by atoms with Gasteiger partial charge in [0.15, 0.2) is 0 Å². The molecule has 2 saturated heterocycles. The van der Waals surface area contributed by atoms with E-state index in [0.29, 0.717) is 13.1 Å². The van der Waals surface area contributed by atoms with Crippen molar-refractivity contribution in [3.8, 4) is 0 Å². The summed E-state index contributed by atoms with van der Waals surface area (Å²) in [5.41, 5.74) is 0.239. The Hall–Kier alpha value is -2.66. The number of carbonyl (C=O) groups is 2. The number of hydrogen-bond donors (Lipinski definition) is 0. The van der Waals surface area contributed by atoms with Gasteiger partial charge in [0.25, 0.3) is 0 Å². The van der Waals surface area contributed by atoms with Crippen molar-refractivity contribution >= 4 is 22.6 Å². The summed E-state index contributed by atoms with van der Waals surface area (Å²) < 4.78 is 5.89. The summed E-state index contributed by atoms with van der Waals surface area (Å²) in [4.78, 5) is 26.2. The zero-order valence-corrected chi connectivity index (χ0v) is 13.4. The van der Waals surface area contributed by atoms with Gasteiger partial charge in [-0.25, -0.2) is 0 Å². The number of carboxylic acid groups (broad SMARTS) is 1. The number of ether oxygens (including phenoxy) is 1. The molecule has 3 aliphatic rings. The number of nitrogens with zero attached hydrogens (tertiary/aromatic N) is 1. The zero-order valence-electron chi connectivity index (χ0n) is 13.4. The molecule has 25 heavy (non-hydrogen) atoms. The molecule has 3 aliphatic heterocycles. The van der Waals surface area contributed by atoms with Crippen molar-refractivity contribution in [2.24, 2.45) is 11.8 Å². The van der Waals surface area contributed by atoms with Gasteiger partial charge in [-0.3, -0.25) is 4.79 Å². The van der Waals surface area contributed by atoms with Gasteiger partial charge in [0.05, 0.1) is 18.6 Å². The number of amides is 1. The first-order valence-corrected chi connectivity index (χ1v) is 8.42. The minimum absolute atomic E-state index is 0.158. The molecule has 5 nitrogen and oxygen atoms in total. The van der Waals surface area contributed by atoms with Crippen molar-refractivity contribution in [2.45, 2.75) is 18.2 Å². The van der Waals surface area contributed by atoms with Crippen LogP contribution in [0.3, 0.4) is 0 Å². The summed E-state index contributed by atoms with van der Waals surface area (Å²) >= 11 is 0. The summed E-state index contributed by atoms with van der Waals surface area (Å²) in [7, 11) is 0. The number of carboxylic acids is 1. The molecule has 2 fully saturated rings. The monoisotopic (exact) mass is 334 g/mol. The van der Waals surface area contributed by atoms with E-state index in [0.717, 1.165) is 16.3 Å². The van der Waals surface area contributed by atoms with E-state index < -0.39 is 29.5 Å². The lowest BCUT2D eigenvalue weighted by Gasteiger charge is -2.24. The van der Waals surface area contributed by atoms with Crippen molar-refractivity contribution in [3.63, 3.8) is 0 Å². The van der Waals surface area contributed by atoms with Crippen LogP contribution in [0.5, 0.6) is 0 Å². The van der Waals surface area contributed by atoms with Gasteiger partial charge in [-0.2, -0.15) is 0 Å². The fraction of sp³-hybridized carbons (Fsp3) is 0.300. The number of hydrogen-bond acceptors (Lipinski definition) is 4. The number of carbonyl (C=O) groups excluding carboxylic acids is 2. The Labute approximate surface area is 144 Å². The predicted molar refractivity (Wildman–Crippen MR) is 88.1 cm³/mol. The lowest BCUT2D eigenvalue weighted by molar-refractivity contribution is -0.313. The normalized spacial score (nSPS) is 32.6. The van der Waals surface area contributed by atoms with E-state index in [2.05, 4.69) is 0 Å². The van der Waals surface area contributed by atoms with E-state index in [1.54, 1.807) is 11.0 Å². The first-order valence-electron chi connectivity index (χ1n) is 8.42. The molecule has 2 bridgehead atoms. The van der Waals surface area contributed by atoms with Crippen LogP contribution >= 0.6 is 0 Å². The van der Waals surface area contributed by atoms with Crippen LogP contribution in [0.4, 0.5) is 0 Å². The van der Waals surface area contributed by atoms with Gasteiger partial charge in [0.1, 0.15) is 5.60 Å². The fourth-order valence-electron chi connectivity index (χ4n) is 4.62. The molecule has 0 saturated carbocycles. The summed E-state index contributed by atoms with van der Waals surface area (Å²) in [5.74, 6) is -2.94. The first kappa shape index (κ1) is 14.7. The molecule has 0 N–H and O–H groups in total. The van der Waals surface area contributed by atoms with Crippen molar-refractivity contribution < 1.29 is 19.4 Å². The number of rotatable bonds is 3. The van der Waals surface area contributed by atoms with Crippen molar-refractivity contribution in [2.75, 3.05) is 6.54 Å². The number of aliphatic carboxylic acids is 1. The predicted octanol–water partition coefficient (Wildman–Crippen LogP) is 0.872. The van der Waals surface area contributed by atoms with Gasteiger partial charge in [-0.05, 0) is 16.3 Å². The van der Waals surface area contributed by atoms with Gasteiger partial charge in [0, 0.05) is 18.4 Å². The van der Waals surface area contributed by atoms with Crippen LogP contribution in [0, 0.1) is 11.8 Å². The molecule has 2 aromatic rings. The Morgan fingerprint density at radius 2 is 2.04 bits per heavy atom. The quantitative estimate of drug-likeness (QED) is 0.781. The standard InChI is InChI=1S/C20H17NO4/c22-18-17-16(19(23)24)15-8-9-20(17,25-15)11-21(18)10-13-6-3-5-12-4-1-2-7-14(12)13/h1-9,15-17H,10-11H2,(H,23,24)/p-1/t15-,16+,17-,20-/m1/s1. The van der Waals surface area contributed by atoms with Crippen molar-refractivity contribution in [1.82, 2.24) is 4.90 Å². The molecule has 0 radical (unpaired) electrons. The Kier molecular flexibility index (Phi) is 2.89. The molecule has 0 unspecified atom stereocenters. The van der Waals surface area contributed by atoms with Gasteiger partial charge >= 0.3 is 0 Å². The second-order valence-corrected chi connectivity index (χ2v) is 7.05. The molecule has 5 heteroatoms. The van der Waals surface area contributed by atoms with Crippen LogP contribution in [0.2, 0.25) is 0 Å². The van der Waals surface area contributed by atoms with Crippen LogP contribution in [-0.2, 0) is 20.9 Å². The highest BCUT2D eigenvalue weighted by atomic mass is 16.5. The Morgan fingerprint density at radius 1 is 1.24 bits per heavy atom. The lowest BCUT2D eigenvalue weighted by atomic mass is 9.77. The van der Waals surface area contributed by atoms with Gasteiger partial charge < -0.3 is 19.5 Å². The molecule has 2 aromatic carbocycles. The number of benzene rings is 2. The van der Waals surface area contributed by atoms with E-state index in [-0.39, 0.29) is 5.91 Å². The minimum atomic E-state index is -1.21. The summed E-state index contributed by atoms with van der Waals surface area (Å²) in [6.45, 7) is 0.830. The largest absolute Gasteiger partial charge is 0.550 e. The second kappa shape index (κ2) is 4.92. The molecule has 0 aromatic heterocycles. The highest BCUT2D eigenvalue weighted by molar-refractivity contribution is 5.91. The van der Waals surface area contributed by atoms with Crippen molar-refractivity contribution in [3.05, 3.63) is 60.2 Å². The average molecular weight is 334 g/mol. The van der Waals surface area contributed by atoms with Crippen LogP contribution in [0.15, 0.2) is 54.6 Å². The molecule has 0 aliphatic carbocycles. The Morgan fingerprint density at radius 3 is 2.88 bits per heavy atom. The lowest BCUT2D eigenvalue weighted by Crippen LogP contribution is -2.45. The SMILES string of the molecule is O=C([O-])[C@H]1[C@H]2C=C[C@]3(CN(Cc4cccc5ccccc45)C(=O)[C@@H]13)O2. The third kappa shape index (κ3) is 1.93. The van der Waals surface area contributed by atoms with Crippen LogP contribution in [0.25, 0.3) is 10.8 Å². The molecule has 4 atom stereocenters. The Bertz CT molecular complexity index is 931. The zero-order chi connectivity index (χ0) is 17.2. The Balaban J connectivity index is 1.50. The van der Waals surface area contributed by atoms with Crippen LogP contribution in [-0.4, -0.2) is 35.0 Å². The van der Waals surface area contributed by atoms with E-state index in [4.69, 9.17) is 4.74 Å². The topological polar surface area (TPSA) is 69.7 Å². The summed E-state index contributed by atoms with van der Waals surface area (Å²) in [6, 6.07) is 14.1. The van der Waals surface area contributed by atoms with Crippen LogP contribution < -0.4 is 5.11 Å². The molecular weight excluding hydrogens is 318 g/mol. The van der Waals surface area contributed by atoms with E-state index in [9.17, 15) is 14.7 Å². The van der Waals surface area contributed by atoms with Gasteiger partial charge in [-0.15, -0.1) is 0 Å². The maximum atomic E-state index is 12.9. The summed E-state index contributed by atoms with van der Waals surface area (Å²) in [5, 5.41) is 13.7. The second-order valence-electron chi connectivity index (χ2n) is 7.05. The van der Waals surface area contributed by atoms with E-state index in [1.807, 2.05) is 48.5 Å². The molecular formula is C20H16NO4-. The van der Waals surface area contributed by atoms with E-state index >= 15 is 0 Å². The van der Waals surface area contributed by atoms with Gasteiger partial charge in [0.2, 0.25) is 5.91 Å². The maximum Gasteiger partial charge on any atom is 0.230 e. The third-order valence-corrected chi connectivity index (χ3v) is 5.69. The van der Waals surface area contributed by atoms with E-state index in [1.165, 1.54) is 0 Å². The smallest absolute Gasteiger partial charge is 0.230 e. The molecule has 126 valence electrons. The highest BCUT2D eigenvalue weighted by Crippen LogP contribution is 2.51. The third-order valence-electron chi connectivity index (χ3n) is 5.69. The van der Waals surface area contributed by atoms with Crippen molar-refractivity contribution in [1.29, 1.82) is 0 Å². The number of fused-ring (bicyclic) bond motifs is 2. The molecule has 5 rings (SSSR count). The minimum Gasteiger partial charge on any atom is -0.550 e. The molecule has 1 amide bonds.